The quantitative estimate of drug-likeness (QED) is 0.464. The molecular weight excluding hydrogens is 537 g/mol. The third kappa shape index (κ3) is 7.43. The fourth-order valence-electron chi connectivity index (χ4n) is 5.67. The number of para-hydroxylation sites is 1. The zero-order chi connectivity index (χ0) is 29.5. The average Bonchev–Trinajstić information content (AvgIpc) is 3.53. The Kier molecular flexibility index (Phi) is 9.66. The molecule has 10 heteroatoms. The summed E-state index contributed by atoms with van der Waals surface area (Å²) in [5.41, 5.74) is 2.89. The lowest BCUT2D eigenvalue weighted by atomic mass is 10.1. The van der Waals surface area contributed by atoms with Crippen LogP contribution in [0.5, 0.6) is 0 Å². The number of nitrogens with zero attached hydrogens (tertiary/aromatic N) is 5. The van der Waals surface area contributed by atoms with Crippen LogP contribution in [0.3, 0.4) is 0 Å². The van der Waals surface area contributed by atoms with E-state index < -0.39 is 0 Å². The monoisotopic (exact) mass is 575 g/mol. The van der Waals surface area contributed by atoms with Crippen molar-refractivity contribution in [3.05, 3.63) is 89.6 Å². The summed E-state index contributed by atoms with van der Waals surface area (Å²) >= 11 is 0. The van der Waals surface area contributed by atoms with Gasteiger partial charge in [-0.1, -0.05) is 30.3 Å². The van der Waals surface area contributed by atoms with Crippen molar-refractivity contribution in [1.82, 2.24) is 19.6 Å². The lowest BCUT2D eigenvalue weighted by Gasteiger charge is -2.36. The largest absolute Gasteiger partial charge is 0.459 e. The Morgan fingerprint density at radius 2 is 1.50 bits per heavy atom. The molecule has 2 aliphatic rings. The minimum atomic E-state index is -0.262. The van der Waals surface area contributed by atoms with Gasteiger partial charge in [0, 0.05) is 78.1 Å². The van der Waals surface area contributed by atoms with Crippen LogP contribution in [0, 0.1) is 5.82 Å². The first kappa shape index (κ1) is 29.5. The molecule has 2 aromatic carbocycles. The molecular formula is C32H38FN5O4. The number of piperazine rings is 1. The second kappa shape index (κ2) is 13.8. The molecule has 0 bridgehead atoms. The molecule has 1 fully saturated rings. The van der Waals surface area contributed by atoms with Gasteiger partial charge in [0.15, 0.2) is 5.76 Å². The number of carbonyl (C=O) groups is 3. The molecule has 3 aromatic rings. The maximum atomic E-state index is 13.5. The van der Waals surface area contributed by atoms with Crippen molar-refractivity contribution in [3.63, 3.8) is 0 Å². The highest BCUT2D eigenvalue weighted by Gasteiger charge is 2.28. The van der Waals surface area contributed by atoms with Gasteiger partial charge in [-0.2, -0.15) is 0 Å². The van der Waals surface area contributed by atoms with Gasteiger partial charge >= 0.3 is 0 Å². The number of halogens is 1. The van der Waals surface area contributed by atoms with Crippen LogP contribution in [0.15, 0.2) is 71.3 Å². The standard InChI is InChI=1S/C32H38FN5O4/c1-25(39)38-14-5-13-34(22-26-9-11-28(33)12-10-26)15-16-35(23-27-6-2-3-7-29(27)38)24-31(40)36-17-19-37(20-18-36)32(41)30-8-4-21-42-30/h2-4,6-12,21H,5,13-20,22-24H2,1H3. The number of carbonyl (C=O) groups excluding carboxylic acids is 3. The number of rotatable bonds is 5. The van der Waals surface area contributed by atoms with E-state index in [1.165, 1.54) is 18.4 Å². The second-order valence-corrected chi connectivity index (χ2v) is 10.9. The molecule has 9 nitrogen and oxygen atoms in total. The number of benzene rings is 2. The molecule has 5 rings (SSSR count). The molecule has 222 valence electrons. The molecule has 0 spiro atoms. The summed E-state index contributed by atoms with van der Waals surface area (Å²) in [6.45, 7) is 7.54. The minimum absolute atomic E-state index is 0.0148. The smallest absolute Gasteiger partial charge is 0.289 e. The SMILES string of the molecule is CC(=O)N1CCCN(Cc2ccc(F)cc2)CCN(CC(=O)N2CCN(C(=O)c3ccco3)CC2)Cc2ccccc21. The van der Waals surface area contributed by atoms with E-state index in [0.29, 0.717) is 58.1 Å². The fraction of sp³-hybridized carbons (Fsp3) is 0.406. The summed E-state index contributed by atoms with van der Waals surface area (Å²) in [4.78, 5) is 48.7. The van der Waals surface area contributed by atoms with Crippen LogP contribution in [0.1, 0.15) is 35.0 Å². The van der Waals surface area contributed by atoms with E-state index in [0.717, 1.165) is 36.3 Å². The van der Waals surface area contributed by atoms with Crippen LogP contribution in [0.4, 0.5) is 10.1 Å². The Balaban J connectivity index is 1.29. The molecule has 1 aromatic heterocycles. The van der Waals surface area contributed by atoms with Crippen molar-refractivity contribution < 1.29 is 23.2 Å². The summed E-state index contributed by atoms with van der Waals surface area (Å²) in [7, 11) is 0. The topological polar surface area (TPSA) is 80.6 Å². The molecule has 3 heterocycles. The zero-order valence-corrected chi connectivity index (χ0v) is 24.1. The zero-order valence-electron chi connectivity index (χ0n) is 24.1. The van der Waals surface area contributed by atoms with Crippen LogP contribution in [-0.4, -0.2) is 96.2 Å². The number of hydrogen-bond acceptors (Lipinski definition) is 6. The van der Waals surface area contributed by atoms with Gasteiger partial charge in [-0.05, 0) is 47.9 Å². The predicted molar refractivity (Wildman–Crippen MR) is 157 cm³/mol. The first-order valence-corrected chi connectivity index (χ1v) is 14.5. The van der Waals surface area contributed by atoms with E-state index in [-0.39, 0.29) is 30.1 Å². The summed E-state index contributed by atoms with van der Waals surface area (Å²) in [5.74, 6) is -0.117. The van der Waals surface area contributed by atoms with E-state index in [1.54, 1.807) is 36.1 Å². The molecule has 0 aliphatic carbocycles. The van der Waals surface area contributed by atoms with Gasteiger partial charge < -0.3 is 19.1 Å². The normalized spacial score (nSPS) is 17.4. The van der Waals surface area contributed by atoms with Crippen LogP contribution in [0.25, 0.3) is 0 Å². The highest BCUT2D eigenvalue weighted by atomic mass is 19.1. The summed E-state index contributed by atoms with van der Waals surface area (Å²) in [6, 6.07) is 17.8. The Morgan fingerprint density at radius 1 is 0.786 bits per heavy atom. The Morgan fingerprint density at radius 3 is 2.21 bits per heavy atom. The van der Waals surface area contributed by atoms with Crippen molar-refractivity contribution in [1.29, 1.82) is 0 Å². The van der Waals surface area contributed by atoms with Gasteiger partial charge in [0.05, 0.1) is 12.8 Å². The van der Waals surface area contributed by atoms with Crippen LogP contribution in [0.2, 0.25) is 0 Å². The van der Waals surface area contributed by atoms with Crippen molar-refractivity contribution in [2.75, 3.05) is 63.8 Å². The highest BCUT2D eigenvalue weighted by molar-refractivity contribution is 5.92. The number of fused-ring (bicyclic) bond motifs is 1. The van der Waals surface area contributed by atoms with Crippen LogP contribution < -0.4 is 4.90 Å². The van der Waals surface area contributed by atoms with Gasteiger partial charge in [0.1, 0.15) is 5.82 Å². The maximum Gasteiger partial charge on any atom is 0.289 e. The van der Waals surface area contributed by atoms with Gasteiger partial charge in [-0.25, -0.2) is 4.39 Å². The molecule has 3 amide bonds. The molecule has 0 radical (unpaired) electrons. The molecule has 42 heavy (non-hydrogen) atoms. The third-order valence-corrected chi connectivity index (χ3v) is 7.97. The van der Waals surface area contributed by atoms with Crippen molar-refractivity contribution >= 4 is 23.4 Å². The second-order valence-electron chi connectivity index (χ2n) is 10.9. The average molecular weight is 576 g/mol. The minimum Gasteiger partial charge on any atom is -0.459 e. The first-order chi connectivity index (χ1) is 20.4. The summed E-state index contributed by atoms with van der Waals surface area (Å²) in [6.07, 6.45) is 2.27. The van der Waals surface area contributed by atoms with E-state index in [4.69, 9.17) is 4.42 Å². The molecule has 1 saturated heterocycles. The third-order valence-electron chi connectivity index (χ3n) is 7.97. The fourth-order valence-corrected chi connectivity index (χ4v) is 5.67. The van der Waals surface area contributed by atoms with Gasteiger partial charge in [0.25, 0.3) is 5.91 Å². The number of hydrogen-bond donors (Lipinski definition) is 0. The van der Waals surface area contributed by atoms with Crippen LogP contribution >= 0.6 is 0 Å². The predicted octanol–water partition coefficient (Wildman–Crippen LogP) is 3.46. The highest BCUT2D eigenvalue weighted by Crippen LogP contribution is 2.24. The lowest BCUT2D eigenvalue weighted by molar-refractivity contribution is -0.134. The van der Waals surface area contributed by atoms with Crippen LogP contribution in [-0.2, 0) is 22.7 Å². The molecule has 2 aliphatic heterocycles. The first-order valence-electron chi connectivity index (χ1n) is 14.5. The van der Waals surface area contributed by atoms with E-state index >= 15 is 0 Å². The summed E-state index contributed by atoms with van der Waals surface area (Å²) < 4.78 is 18.8. The van der Waals surface area contributed by atoms with Gasteiger partial charge in [-0.15, -0.1) is 0 Å². The van der Waals surface area contributed by atoms with E-state index in [9.17, 15) is 18.8 Å². The maximum absolute atomic E-state index is 13.5. The molecule has 0 atom stereocenters. The number of amides is 3. The lowest BCUT2D eigenvalue weighted by Crippen LogP contribution is -2.52. The number of anilines is 1. The Labute approximate surface area is 246 Å². The van der Waals surface area contributed by atoms with E-state index in [2.05, 4.69) is 9.80 Å². The van der Waals surface area contributed by atoms with Crippen molar-refractivity contribution in [2.24, 2.45) is 0 Å². The van der Waals surface area contributed by atoms with Gasteiger partial charge in [0.2, 0.25) is 11.8 Å². The number of furan rings is 1. The van der Waals surface area contributed by atoms with Crippen molar-refractivity contribution in [3.8, 4) is 0 Å². The Hall–Kier alpha value is -4.02. The molecule has 0 saturated carbocycles. The molecule has 0 unspecified atom stereocenters. The Bertz CT molecular complexity index is 1360. The summed E-state index contributed by atoms with van der Waals surface area (Å²) in [5, 5.41) is 0. The molecule has 0 N–H and O–H groups in total. The van der Waals surface area contributed by atoms with Gasteiger partial charge in [-0.3, -0.25) is 24.2 Å². The van der Waals surface area contributed by atoms with E-state index in [1.807, 2.05) is 34.1 Å². The van der Waals surface area contributed by atoms with Crippen molar-refractivity contribution in [2.45, 2.75) is 26.4 Å².